The van der Waals surface area contributed by atoms with Gasteiger partial charge in [-0.25, -0.2) is 0 Å². The second-order valence-corrected chi connectivity index (χ2v) is 9.24. The number of aryl methyl sites for hydroxylation is 1. The number of rotatable bonds is 6. The third-order valence-corrected chi connectivity index (χ3v) is 6.79. The van der Waals surface area contributed by atoms with Crippen LogP contribution < -0.4 is 19.8 Å². The molecule has 1 aromatic heterocycles. The molecule has 1 unspecified atom stereocenters. The van der Waals surface area contributed by atoms with Gasteiger partial charge in [-0.1, -0.05) is 35.3 Å². The molecule has 0 N–H and O–H groups in total. The molecule has 1 aliphatic rings. The number of nitrogens with zero attached hydrogens (tertiary/aromatic N) is 1. The molecule has 0 saturated heterocycles. The molecule has 0 spiro atoms. The van der Waals surface area contributed by atoms with E-state index in [1.807, 2.05) is 32.9 Å². The van der Waals surface area contributed by atoms with Gasteiger partial charge in [0.05, 0.1) is 30.2 Å². The highest BCUT2D eigenvalue weighted by Gasteiger charge is 2.44. The molecule has 1 amide bonds. The summed E-state index contributed by atoms with van der Waals surface area (Å²) in [5.74, 6) is 0.654. The summed E-state index contributed by atoms with van der Waals surface area (Å²) in [6, 6.07) is 14.7. The summed E-state index contributed by atoms with van der Waals surface area (Å²) in [6.07, 6.45) is 0. The Morgan fingerprint density at radius 3 is 2.39 bits per heavy atom. The van der Waals surface area contributed by atoms with E-state index in [9.17, 15) is 9.59 Å². The van der Waals surface area contributed by atoms with Crippen molar-refractivity contribution < 1.29 is 18.7 Å². The topological polar surface area (TPSA) is 69.0 Å². The number of anilines is 1. The highest BCUT2D eigenvalue weighted by atomic mass is 35.5. The zero-order valence-electron chi connectivity index (χ0n) is 19.9. The van der Waals surface area contributed by atoms with Crippen LogP contribution in [0.25, 0.3) is 11.0 Å². The van der Waals surface area contributed by atoms with Crippen molar-refractivity contribution >= 4 is 45.8 Å². The molecule has 184 valence electrons. The summed E-state index contributed by atoms with van der Waals surface area (Å²) in [5, 5.41) is 1.21. The normalized spacial score (nSPS) is 14.9. The number of benzene rings is 3. The molecule has 5 rings (SSSR count). The molecule has 3 aromatic carbocycles. The van der Waals surface area contributed by atoms with E-state index < -0.39 is 11.9 Å². The second kappa shape index (κ2) is 9.52. The van der Waals surface area contributed by atoms with Gasteiger partial charge in [0.25, 0.3) is 5.91 Å². The van der Waals surface area contributed by atoms with Crippen LogP contribution in [0.15, 0.2) is 63.8 Å². The van der Waals surface area contributed by atoms with E-state index in [4.69, 9.17) is 37.1 Å². The molecular formula is C28H23Cl2NO5. The van der Waals surface area contributed by atoms with E-state index in [-0.39, 0.29) is 16.8 Å². The van der Waals surface area contributed by atoms with Crippen molar-refractivity contribution in [1.29, 1.82) is 0 Å². The number of carbonyl (C=O) groups excluding carboxylic acids is 1. The minimum Gasteiger partial charge on any atom is -0.490 e. The van der Waals surface area contributed by atoms with Gasteiger partial charge in [0, 0.05) is 15.7 Å². The van der Waals surface area contributed by atoms with Crippen molar-refractivity contribution in [2.75, 3.05) is 18.1 Å². The van der Waals surface area contributed by atoms with Crippen LogP contribution in [0.2, 0.25) is 10.0 Å². The van der Waals surface area contributed by atoms with Crippen LogP contribution in [0.3, 0.4) is 0 Å². The Morgan fingerprint density at radius 2 is 1.67 bits per heavy atom. The quantitative estimate of drug-likeness (QED) is 0.273. The third kappa shape index (κ3) is 4.00. The molecule has 8 heteroatoms. The summed E-state index contributed by atoms with van der Waals surface area (Å²) in [6.45, 7) is 6.54. The number of fused-ring (bicyclic) bond motifs is 2. The van der Waals surface area contributed by atoms with Crippen molar-refractivity contribution in [3.05, 3.63) is 97.3 Å². The molecule has 0 fully saturated rings. The van der Waals surface area contributed by atoms with Gasteiger partial charge >= 0.3 is 0 Å². The SMILES string of the molecule is CCOc1ccc(C2c3c(oc4ccc(Cl)cc4c3=O)C(=O)N2c2ccc(C)c(Cl)c2)cc1OCC. The van der Waals surface area contributed by atoms with Crippen LogP contribution in [-0.4, -0.2) is 19.1 Å². The molecule has 0 bridgehead atoms. The number of amides is 1. The molecule has 0 aliphatic carbocycles. The Hall–Kier alpha value is -3.48. The lowest BCUT2D eigenvalue weighted by molar-refractivity contribution is 0.0971. The third-order valence-electron chi connectivity index (χ3n) is 6.15. The second-order valence-electron chi connectivity index (χ2n) is 8.40. The number of hydrogen-bond donors (Lipinski definition) is 0. The van der Waals surface area contributed by atoms with Gasteiger partial charge < -0.3 is 13.9 Å². The summed E-state index contributed by atoms with van der Waals surface area (Å²) < 4.78 is 17.6. The van der Waals surface area contributed by atoms with E-state index in [0.29, 0.717) is 57.0 Å². The van der Waals surface area contributed by atoms with E-state index in [0.717, 1.165) is 5.56 Å². The molecule has 1 atom stereocenters. The van der Waals surface area contributed by atoms with E-state index in [1.165, 1.54) is 4.90 Å². The van der Waals surface area contributed by atoms with Crippen LogP contribution in [0.1, 0.15) is 47.1 Å². The number of halogens is 2. The van der Waals surface area contributed by atoms with Crippen molar-refractivity contribution in [3.8, 4) is 11.5 Å². The summed E-state index contributed by atoms with van der Waals surface area (Å²) in [4.78, 5) is 29.1. The summed E-state index contributed by atoms with van der Waals surface area (Å²) in [5.41, 5.74) is 2.29. The lowest BCUT2D eigenvalue weighted by Crippen LogP contribution is -2.29. The highest BCUT2D eigenvalue weighted by Crippen LogP contribution is 2.44. The molecule has 0 saturated carbocycles. The first-order chi connectivity index (χ1) is 17.3. The Labute approximate surface area is 217 Å². The van der Waals surface area contributed by atoms with Gasteiger partial charge in [-0.15, -0.1) is 0 Å². The lowest BCUT2D eigenvalue weighted by atomic mass is 9.97. The largest absolute Gasteiger partial charge is 0.490 e. The molecule has 36 heavy (non-hydrogen) atoms. The Morgan fingerprint density at radius 1 is 0.917 bits per heavy atom. The lowest BCUT2D eigenvalue weighted by Gasteiger charge is -2.26. The smallest absolute Gasteiger partial charge is 0.295 e. The van der Waals surface area contributed by atoms with Gasteiger partial charge in [0.1, 0.15) is 5.58 Å². The van der Waals surface area contributed by atoms with Gasteiger partial charge in [0.2, 0.25) is 5.76 Å². The Kier molecular flexibility index (Phi) is 6.41. The number of hydrogen-bond acceptors (Lipinski definition) is 5. The van der Waals surface area contributed by atoms with Gasteiger partial charge in [-0.05, 0) is 74.4 Å². The van der Waals surface area contributed by atoms with Gasteiger partial charge in [0.15, 0.2) is 16.9 Å². The summed E-state index contributed by atoms with van der Waals surface area (Å²) >= 11 is 12.6. The van der Waals surface area contributed by atoms with Crippen molar-refractivity contribution in [3.63, 3.8) is 0 Å². The summed E-state index contributed by atoms with van der Waals surface area (Å²) in [7, 11) is 0. The van der Waals surface area contributed by atoms with Crippen molar-refractivity contribution in [2.45, 2.75) is 26.8 Å². The number of carbonyl (C=O) groups is 1. The van der Waals surface area contributed by atoms with Crippen LogP contribution >= 0.6 is 23.2 Å². The first-order valence-corrected chi connectivity index (χ1v) is 12.3. The predicted octanol–water partition coefficient (Wildman–Crippen LogP) is 6.96. The highest BCUT2D eigenvalue weighted by molar-refractivity contribution is 6.32. The molecule has 4 aromatic rings. The first-order valence-electron chi connectivity index (χ1n) is 11.6. The number of ether oxygens (including phenoxy) is 2. The maximum atomic E-state index is 13.8. The zero-order valence-corrected chi connectivity index (χ0v) is 21.4. The van der Waals surface area contributed by atoms with Crippen LogP contribution in [0.5, 0.6) is 11.5 Å². The molecule has 1 aliphatic heterocycles. The first kappa shape index (κ1) is 24.2. The minimum absolute atomic E-state index is 0.0108. The van der Waals surface area contributed by atoms with Gasteiger partial charge in [-0.2, -0.15) is 0 Å². The van der Waals surface area contributed by atoms with Crippen molar-refractivity contribution in [2.24, 2.45) is 0 Å². The Balaban J connectivity index is 1.79. The van der Waals surface area contributed by atoms with Crippen LogP contribution in [0.4, 0.5) is 5.69 Å². The molecule has 6 nitrogen and oxygen atoms in total. The van der Waals surface area contributed by atoms with Gasteiger partial charge in [-0.3, -0.25) is 14.5 Å². The molecule has 0 radical (unpaired) electrons. The Bertz CT molecular complexity index is 1560. The monoisotopic (exact) mass is 523 g/mol. The van der Waals surface area contributed by atoms with Crippen molar-refractivity contribution in [1.82, 2.24) is 0 Å². The predicted molar refractivity (Wildman–Crippen MR) is 141 cm³/mol. The maximum Gasteiger partial charge on any atom is 0.295 e. The zero-order chi connectivity index (χ0) is 25.6. The van der Waals surface area contributed by atoms with Crippen LogP contribution in [0, 0.1) is 6.92 Å². The fraction of sp³-hybridized carbons (Fsp3) is 0.214. The van der Waals surface area contributed by atoms with E-state index in [2.05, 4.69) is 0 Å². The maximum absolute atomic E-state index is 13.8. The average molecular weight is 524 g/mol. The average Bonchev–Trinajstić information content (AvgIpc) is 3.15. The van der Waals surface area contributed by atoms with E-state index >= 15 is 0 Å². The van der Waals surface area contributed by atoms with Crippen LogP contribution in [-0.2, 0) is 0 Å². The fourth-order valence-electron chi connectivity index (χ4n) is 4.50. The molecule has 2 heterocycles. The van der Waals surface area contributed by atoms with E-state index in [1.54, 1.807) is 42.5 Å². The molecular weight excluding hydrogens is 501 g/mol. The standard InChI is InChI=1S/C28H23Cl2NO5/c1-4-34-22-10-7-16(12-23(22)35-5-2)25-24-26(32)19-13-17(29)8-11-21(19)36-27(24)28(33)31(25)18-9-6-15(3)20(30)14-18/h6-14,25H,4-5H2,1-3H3. The minimum atomic E-state index is -0.777. The fourth-order valence-corrected chi connectivity index (χ4v) is 4.84.